The lowest BCUT2D eigenvalue weighted by molar-refractivity contribution is -0.143. The molecule has 7 heteroatoms. The Morgan fingerprint density at radius 2 is 2.00 bits per heavy atom. The summed E-state index contributed by atoms with van der Waals surface area (Å²) in [7, 11) is -3.74. The average molecular weight is 315 g/mol. The molecule has 2 unspecified atom stereocenters. The van der Waals surface area contributed by atoms with Crippen LogP contribution in [0.4, 0.5) is 4.39 Å². The molecule has 0 aliphatic carbocycles. The van der Waals surface area contributed by atoms with E-state index in [1.807, 2.05) is 6.92 Å². The number of nitrogens with zero attached hydrogens (tertiary/aromatic N) is 1. The molecule has 0 spiro atoms. The predicted octanol–water partition coefficient (Wildman–Crippen LogP) is 1.84. The molecule has 0 saturated carbocycles. The van der Waals surface area contributed by atoms with Crippen molar-refractivity contribution in [3.63, 3.8) is 0 Å². The topological polar surface area (TPSA) is 74.7 Å². The molecule has 21 heavy (non-hydrogen) atoms. The first-order chi connectivity index (χ1) is 9.79. The smallest absolute Gasteiger partial charge is 0.322 e. The summed E-state index contributed by atoms with van der Waals surface area (Å²) in [4.78, 5) is 11.3. The fourth-order valence-electron chi connectivity index (χ4n) is 2.55. The van der Waals surface area contributed by atoms with Crippen LogP contribution in [0, 0.1) is 11.7 Å². The van der Waals surface area contributed by atoms with Gasteiger partial charge in [-0.3, -0.25) is 4.79 Å². The Kier molecular flexibility index (Phi) is 4.63. The maximum atomic E-state index is 12.8. The Morgan fingerprint density at radius 1 is 1.38 bits per heavy atom. The van der Waals surface area contributed by atoms with Crippen LogP contribution < -0.4 is 0 Å². The monoisotopic (exact) mass is 315 g/mol. The van der Waals surface area contributed by atoms with E-state index in [-0.39, 0.29) is 18.2 Å². The van der Waals surface area contributed by atoms with Gasteiger partial charge in [0, 0.05) is 6.54 Å². The number of benzene rings is 1. The second-order valence-corrected chi connectivity index (χ2v) is 7.40. The van der Waals surface area contributed by atoms with E-state index in [0.717, 1.165) is 4.31 Å². The Labute approximate surface area is 123 Å². The molecule has 1 N–H and O–H groups in total. The number of rotatable bonds is 4. The Morgan fingerprint density at radius 3 is 2.57 bits per heavy atom. The van der Waals surface area contributed by atoms with Crippen molar-refractivity contribution in [3.05, 3.63) is 35.6 Å². The molecule has 1 aromatic carbocycles. The Balaban J connectivity index is 2.21. The summed E-state index contributed by atoms with van der Waals surface area (Å²) in [5, 5.41) is 9.24. The summed E-state index contributed by atoms with van der Waals surface area (Å²) in [5.74, 6) is -1.69. The second-order valence-electron chi connectivity index (χ2n) is 5.48. The zero-order valence-corrected chi connectivity index (χ0v) is 12.5. The van der Waals surface area contributed by atoms with Gasteiger partial charge in [-0.15, -0.1) is 0 Å². The third-order valence-electron chi connectivity index (χ3n) is 3.72. The van der Waals surface area contributed by atoms with Gasteiger partial charge in [0.05, 0.1) is 5.75 Å². The Bertz CT molecular complexity index is 614. The van der Waals surface area contributed by atoms with Crippen LogP contribution in [0.3, 0.4) is 0 Å². The third-order valence-corrected chi connectivity index (χ3v) is 5.57. The maximum Gasteiger partial charge on any atom is 0.322 e. The van der Waals surface area contributed by atoms with Gasteiger partial charge in [-0.1, -0.05) is 19.1 Å². The lowest BCUT2D eigenvalue weighted by atomic mass is 9.94. The van der Waals surface area contributed by atoms with E-state index in [1.54, 1.807) is 0 Å². The van der Waals surface area contributed by atoms with Crippen LogP contribution in [0.2, 0.25) is 0 Å². The summed E-state index contributed by atoms with van der Waals surface area (Å²) in [6.07, 6.45) is 0.963. The van der Waals surface area contributed by atoms with Gasteiger partial charge in [0.15, 0.2) is 0 Å². The van der Waals surface area contributed by atoms with Crippen LogP contribution in [0.25, 0.3) is 0 Å². The molecule has 1 heterocycles. The fourth-order valence-corrected chi connectivity index (χ4v) is 4.28. The third kappa shape index (κ3) is 3.79. The van der Waals surface area contributed by atoms with Gasteiger partial charge in [0.25, 0.3) is 0 Å². The molecule has 5 nitrogen and oxygen atoms in total. The summed E-state index contributed by atoms with van der Waals surface area (Å²) in [6, 6.07) is 4.17. The molecule has 1 fully saturated rings. The molecule has 1 aliphatic rings. The number of hydrogen-bond donors (Lipinski definition) is 1. The summed E-state index contributed by atoms with van der Waals surface area (Å²) < 4.78 is 38.8. The van der Waals surface area contributed by atoms with Crippen molar-refractivity contribution in [2.24, 2.45) is 5.92 Å². The molecule has 0 aromatic heterocycles. The molecule has 116 valence electrons. The molecule has 1 aromatic rings. The van der Waals surface area contributed by atoms with Gasteiger partial charge in [-0.25, -0.2) is 12.8 Å². The number of sulfonamides is 1. The number of piperidine rings is 1. The highest BCUT2D eigenvalue weighted by atomic mass is 32.2. The highest BCUT2D eigenvalue weighted by Gasteiger charge is 2.38. The lowest BCUT2D eigenvalue weighted by Gasteiger charge is -2.34. The van der Waals surface area contributed by atoms with Crippen LogP contribution >= 0.6 is 0 Å². The lowest BCUT2D eigenvalue weighted by Crippen LogP contribution is -2.50. The molecule has 0 bridgehead atoms. The normalized spacial score (nSPS) is 23.9. The van der Waals surface area contributed by atoms with Gasteiger partial charge in [-0.2, -0.15) is 4.31 Å². The minimum Gasteiger partial charge on any atom is -0.480 e. The molecule has 0 amide bonds. The summed E-state index contributed by atoms with van der Waals surface area (Å²) in [5.41, 5.74) is 0.444. The SMILES string of the molecule is CC1CCN(S(=O)(=O)Cc2ccc(F)cc2)C(C(=O)O)C1. The van der Waals surface area contributed by atoms with Crippen molar-refractivity contribution in [3.8, 4) is 0 Å². The summed E-state index contributed by atoms with van der Waals surface area (Å²) in [6.45, 7) is 2.13. The van der Waals surface area contributed by atoms with Gasteiger partial charge >= 0.3 is 5.97 Å². The van der Waals surface area contributed by atoms with Gasteiger partial charge in [0.2, 0.25) is 10.0 Å². The first-order valence-electron chi connectivity index (χ1n) is 6.76. The molecule has 2 atom stereocenters. The first-order valence-corrected chi connectivity index (χ1v) is 8.37. The van der Waals surface area contributed by atoms with Crippen LogP contribution in [0.1, 0.15) is 25.3 Å². The van der Waals surface area contributed by atoms with Crippen molar-refractivity contribution in [2.75, 3.05) is 6.54 Å². The minimum absolute atomic E-state index is 0.184. The van der Waals surface area contributed by atoms with E-state index in [4.69, 9.17) is 0 Å². The van der Waals surface area contributed by atoms with E-state index < -0.39 is 27.9 Å². The molecular weight excluding hydrogens is 297 g/mol. The van der Waals surface area contributed by atoms with Crippen molar-refractivity contribution < 1.29 is 22.7 Å². The minimum atomic E-state index is -3.74. The molecule has 0 radical (unpaired) electrons. The highest BCUT2D eigenvalue weighted by Crippen LogP contribution is 2.26. The molecule has 2 rings (SSSR count). The van der Waals surface area contributed by atoms with Crippen LogP contribution in [0.5, 0.6) is 0 Å². The maximum absolute atomic E-state index is 12.8. The van der Waals surface area contributed by atoms with Crippen LogP contribution in [0.15, 0.2) is 24.3 Å². The zero-order valence-electron chi connectivity index (χ0n) is 11.7. The quantitative estimate of drug-likeness (QED) is 0.920. The second kappa shape index (κ2) is 6.11. The van der Waals surface area contributed by atoms with Crippen molar-refractivity contribution in [2.45, 2.75) is 31.6 Å². The van der Waals surface area contributed by atoms with E-state index in [2.05, 4.69) is 0 Å². The number of carboxylic acid groups (broad SMARTS) is 1. The van der Waals surface area contributed by atoms with Crippen LogP contribution in [-0.2, 0) is 20.6 Å². The van der Waals surface area contributed by atoms with Gasteiger partial charge in [-0.05, 0) is 36.5 Å². The largest absolute Gasteiger partial charge is 0.480 e. The molecule has 1 saturated heterocycles. The van der Waals surface area contributed by atoms with E-state index in [1.165, 1.54) is 24.3 Å². The zero-order chi connectivity index (χ0) is 15.6. The summed E-state index contributed by atoms with van der Waals surface area (Å²) >= 11 is 0. The number of carbonyl (C=O) groups is 1. The number of carboxylic acids is 1. The van der Waals surface area contributed by atoms with Gasteiger partial charge in [0.1, 0.15) is 11.9 Å². The average Bonchev–Trinajstić information content (AvgIpc) is 2.40. The van der Waals surface area contributed by atoms with Crippen molar-refractivity contribution in [1.82, 2.24) is 4.31 Å². The first kappa shape index (κ1) is 15.9. The van der Waals surface area contributed by atoms with E-state index >= 15 is 0 Å². The number of aliphatic carboxylic acids is 1. The van der Waals surface area contributed by atoms with E-state index in [9.17, 15) is 22.7 Å². The molecule has 1 aliphatic heterocycles. The van der Waals surface area contributed by atoms with E-state index in [0.29, 0.717) is 18.4 Å². The Hall–Kier alpha value is -1.47. The number of hydrogen-bond acceptors (Lipinski definition) is 3. The van der Waals surface area contributed by atoms with Crippen molar-refractivity contribution in [1.29, 1.82) is 0 Å². The molecular formula is C14H18FNO4S. The highest BCUT2D eigenvalue weighted by molar-refractivity contribution is 7.88. The van der Waals surface area contributed by atoms with Crippen molar-refractivity contribution >= 4 is 16.0 Å². The predicted molar refractivity (Wildman–Crippen MR) is 75.6 cm³/mol. The van der Waals surface area contributed by atoms with Crippen LogP contribution in [-0.4, -0.2) is 36.4 Å². The standard InChI is InChI=1S/C14H18FNO4S/c1-10-6-7-16(13(8-10)14(17)18)21(19,20)9-11-2-4-12(15)5-3-11/h2-5,10,13H,6-9H2,1H3,(H,17,18). The van der Waals surface area contributed by atoms with Gasteiger partial charge < -0.3 is 5.11 Å². The number of halogens is 1. The fraction of sp³-hybridized carbons (Fsp3) is 0.500.